The summed E-state index contributed by atoms with van der Waals surface area (Å²) >= 11 is 0. The van der Waals surface area contributed by atoms with Crippen LogP contribution in [0, 0.1) is 0 Å². The highest BCUT2D eigenvalue weighted by Crippen LogP contribution is 2.38. The van der Waals surface area contributed by atoms with Gasteiger partial charge in [-0.2, -0.15) is 17.7 Å². The largest absolute Gasteiger partial charge is 0.390 e. The molecular weight excluding hydrogens is 462 g/mol. The first-order valence-corrected chi connectivity index (χ1v) is 12.7. The summed E-state index contributed by atoms with van der Waals surface area (Å²) in [6.45, 7) is 4.63. The van der Waals surface area contributed by atoms with E-state index < -0.39 is 22.4 Å². The Bertz CT molecular complexity index is 1160. The Morgan fingerprint density at radius 3 is 2.65 bits per heavy atom. The number of aliphatic hydroxyl groups is 1. The second-order valence-corrected chi connectivity index (χ2v) is 10.6. The normalized spacial score (nSPS) is 25.7. The van der Waals surface area contributed by atoms with Crippen molar-refractivity contribution in [2.24, 2.45) is 0 Å². The van der Waals surface area contributed by atoms with Gasteiger partial charge in [-0.1, -0.05) is 0 Å². The van der Waals surface area contributed by atoms with Crippen LogP contribution in [0.5, 0.6) is 0 Å². The Balaban J connectivity index is 1.57. The molecule has 3 aliphatic heterocycles. The van der Waals surface area contributed by atoms with Gasteiger partial charge in [0.15, 0.2) is 0 Å². The van der Waals surface area contributed by atoms with E-state index in [9.17, 15) is 13.5 Å². The maximum atomic E-state index is 12.3. The zero-order valence-corrected chi connectivity index (χ0v) is 19.9. The highest BCUT2D eigenvalue weighted by atomic mass is 32.2. The number of hydrogen-bond donors (Lipinski definition) is 3. The molecule has 3 unspecified atom stereocenters. The number of fused-ring (bicyclic) bond motifs is 1. The molecule has 0 saturated carbocycles. The Morgan fingerprint density at radius 1 is 1.18 bits per heavy atom. The number of aliphatic hydroxyl groups excluding tert-OH is 1. The summed E-state index contributed by atoms with van der Waals surface area (Å²) in [5.74, 6) is 1.43. The second-order valence-electron chi connectivity index (χ2n) is 8.73. The smallest absolute Gasteiger partial charge is 0.279 e. The Hall–Kier alpha value is -2.65. The van der Waals surface area contributed by atoms with E-state index in [1.807, 2.05) is 4.90 Å². The van der Waals surface area contributed by atoms with Gasteiger partial charge in [0, 0.05) is 56.7 Å². The lowest BCUT2D eigenvalue weighted by molar-refractivity contribution is 0.0981. The van der Waals surface area contributed by atoms with Crippen LogP contribution in [0.3, 0.4) is 0 Å². The molecule has 34 heavy (non-hydrogen) atoms. The van der Waals surface area contributed by atoms with E-state index >= 15 is 0 Å². The first-order valence-electron chi connectivity index (χ1n) is 11.2. The zero-order chi connectivity index (χ0) is 24.0. The van der Waals surface area contributed by atoms with Crippen LogP contribution in [0.2, 0.25) is 0 Å². The van der Waals surface area contributed by atoms with Crippen molar-refractivity contribution in [1.82, 2.24) is 29.0 Å². The first kappa shape index (κ1) is 23.1. The molecule has 3 aliphatic rings. The van der Waals surface area contributed by atoms with E-state index in [-0.39, 0.29) is 25.1 Å². The van der Waals surface area contributed by atoms with Gasteiger partial charge in [0.2, 0.25) is 11.9 Å². The lowest BCUT2D eigenvalue weighted by atomic mass is 10.1. The molecule has 4 N–H and O–H groups in total. The Labute approximate surface area is 198 Å². The van der Waals surface area contributed by atoms with E-state index in [1.54, 1.807) is 12.4 Å². The van der Waals surface area contributed by atoms with Crippen molar-refractivity contribution in [3.63, 3.8) is 0 Å². The fourth-order valence-corrected chi connectivity index (χ4v) is 5.76. The molecule has 0 spiro atoms. The van der Waals surface area contributed by atoms with Crippen molar-refractivity contribution in [3.8, 4) is 11.3 Å². The van der Waals surface area contributed by atoms with Crippen LogP contribution in [-0.4, -0.2) is 102 Å². The number of anilines is 3. The monoisotopic (exact) mass is 491 g/mol. The third-order valence-electron chi connectivity index (χ3n) is 6.64. The summed E-state index contributed by atoms with van der Waals surface area (Å²) in [5, 5.41) is 10.8. The highest BCUT2D eigenvalue weighted by Gasteiger charge is 2.43. The number of β-amino-alcohol motifs (C(OH)–C–C–N with tert-alkyl or cyclic N) is 1. The molecule has 0 bridgehead atoms. The van der Waals surface area contributed by atoms with Gasteiger partial charge in [-0.15, -0.1) is 0 Å². The minimum atomic E-state index is -3.65. The van der Waals surface area contributed by atoms with Crippen molar-refractivity contribution in [1.29, 1.82) is 0 Å². The number of nitrogens with two attached hydrogens (primary N) is 1. The average molecular weight is 492 g/mol. The molecule has 5 rings (SSSR count). The van der Waals surface area contributed by atoms with E-state index in [1.165, 1.54) is 11.4 Å². The zero-order valence-electron chi connectivity index (χ0n) is 19.1. The number of hydrogen-bond acceptors (Lipinski definition) is 11. The molecular formula is C20H29N9O4S. The predicted molar refractivity (Wildman–Crippen MR) is 125 cm³/mol. The molecule has 3 atom stereocenters. The number of ether oxygens (including phenoxy) is 1. The summed E-state index contributed by atoms with van der Waals surface area (Å²) in [7, 11) is -2.28. The van der Waals surface area contributed by atoms with Crippen LogP contribution in [0.25, 0.3) is 11.3 Å². The quantitative estimate of drug-likeness (QED) is 0.451. The Kier molecular flexibility index (Phi) is 6.02. The summed E-state index contributed by atoms with van der Waals surface area (Å²) in [5.41, 5.74) is 8.05. The van der Waals surface area contributed by atoms with Crippen LogP contribution < -0.4 is 20.3 Å². The number of rotatable bonds is 5. The van der Waals surface area contributed by atoms with Crippen molar-refractivity contribution in [2.45, 2.75) is 31.5 Å². The van der Waals surface area contributed by atoms with Gasteiger partial charge >= 0.3 is 0 Å². The molecule has 2 fully saturated rings. The maximum Gasteiger partial charge on any atom is 0.279 e. The van der Waals surface area contributed by atoms with Crippen LogP contribution in [0.1, 0.15) is 12.5 Å². The fraction of sp³-hybridized carbons (Fsp3) is 0.600. The topological polar surface area (TPSA) is 163 Å². The number of morpholine rings is 1. The van der Waals surface area contributed by atoms with Crippen LogP contribution in [0.4, 0.5) is 17.7 Å². The summed E-state index contributed by atoms with van der Waals surface area (Å²) < 4.78 is 33.8. The molecule has 2 saturated heterocycles. The molecule has 0 radical (unpaired) electrons. The lowest BCUT2D eigenvalue weighted by Gasteiger charge is -2.34. The van der Waals surface area contributed by atoms with Crippen LogP contribution in [-0.2, 0) is 21.4 Å². The summed E-state index contributed by atoms with van der Waals surface area (Å²) in [6.07, 6.45) is 3.09. The molecule has 5 heterocycles. The molecule has 0 aliphatic carbocycles. The van der Waals surface area contributed by atoms with Crippen molar-refractivity contribution in [3.05, 3.63) is 18.0 Å². The number of nitrogen functional groups attached to an aromatic ring is 1. The van der Waals surface area contributed by atoms with Crippen LogP contribution >= 0.6 is 0 Å². The fourth-order valence-electron chi connectivity index (χ4n) is 4.81. The molecule has 13 nitrogen and oxygen atoms in total. The van der Waals surface area contributed by atoms with Crippen molar-refractivity contribution >= 4 is 27.9 Å². The van der Waals surface area contributed by atoms with Gasteiger partial charge < -0.3 is 25.4 Å². The minimum absolute atomic E-state index is 0.0246. The molecule has 0 amide bonds. The minimum Gasteiger partial charge on any atom is -0.390 e. The van der Waals surface area contributed by atoms with E-state index in [2.05, 4.69) is 26.5 Å². The second kappa shape index (κ2) is 8.85. The Morgan fingerprint density at radius 2 is 1.94 bits per heavy atom. The SMILES string of the molecule is CNS(=O)(=O)N1CC(O)C(N2CCc3c(-c4cnc(N)nc4)nc(N4CCOCC4C)nc32)C1. The van der Waals surface area contributed by atoms with Crippen molar-refractivity contribution < 1.29 is 18.3 Å². The third-order valence-corrected chi connectivity index (χ3v) is 8.14. The van der Waals surface area contributed by atoms with Crippen molar-refractivity contribution in [2.75, 3.05) is 62.0 Å². The van der Waals surface area contributed by atoms with Gasteiger partial charge in [0.25, 0.3) is 10.2 Å². The number of aromatic nitrogens is 4. The highest BCUT2D eigenvalue weighted by molar-refractivity contribution is 7.87. The average Bonchev–Trinajstić information content (AvgIpc) is 3.43. The maximum absolute atomic E-state index is 12.3. The first-order chi connectivity index (χ1) is 16.3. The molecule has 14 heteroatoms. The van der Waals surface area contributed by atoms with Gasteiger partial charge in [-0.05, 0) is 13.3 Å². The van der Waals surface area contributed by atoms with E-state index in [0.29, 0.717) is 50.2 Å². The summed E-state index contributed by atoms with van der Waals surface area (Å²) in [4.78, 5) is 22.2. The van der Waals surface area contributed by atoms with E-state index in [0.717, 1.165) is 11.1 Å². The lowest BCUT2D eigenvalue weighted by Crippen LogP contribution is -2.45. The van der Waals surface area contributed by atoms with Crippen LogP contribution in [0.15, 0.2) is 12.4 Å². The number of nitrogens with one attached hydrogen (secondary N) is 1. The van der Waals surface area contributed by atoms with Gasteiger partial charge in [0.05, 0.1) is 37.1 Å². The summed E-state index contributed by atoms with van der Waals surface area (Å²) in [6, 6.07) is -0.338. The van der Waals surface area contributed by atoms with Gasteiger partial charge in [-0.25, -0.2) is 19.7 Å². The standard InChI is InChI=1S/C20H29N9O4S/c1-12-11-33-6-5-28(12)20-25-17(13-7-23-19(21)24-8-13)14-3-4-29(18(14)26-20)15-9-27(10-16(15)30)34(31,32)22-2/h7-8,12,15-16,22,30H,3-6,9-11H2,1-2H3,(H2,21,23,24). The predicted octanol–water partition coefficient (Wildman–Crippen LogP) is -1.39. The molecule has 0 aromatic carbocycles. The molecule has 184 valence electrons. The molecule has 2 aromatic rings. The van der Waals surface area contributed by atoms with E-state index in [4.69, 9.17) is 20.4 Å². The van der Waals surface area contributed by atoms with Gasteiger partial charge in [-0.3, -0.25) is 0 Å². The number of nitrogens with zero attached hydrogens (tertiary/aromatic N) is 7. The third kappa shape index (κ3) is 4.05. The molecule has 2 aromatic heterocycles. The van der Waals surface area contributed by atoms with Gasteiger partial charge in [0.1, 0.15) is 5.82 Å².